The topological polar surface area (TPSA) is 81.3 Å². The van der Waals surface area contributed by atoms with Crippen LogP contribution < -0.4 is 5.73 Å². The number of thiophene rings is 1. The quantitative estimate of drug-likeness (QED) is 0.624. The molecule has 142 valence electrons. The molecule has 3 rings (SSSR count). The Kier molecular flexibility index (Phi) is 5.94. The fourth-order valence-electron chi connectivity index (χ4n) is 2.89. The number of nitrogens with zero attached hydrogens (tertiary/aromatic N) is 3. The molecular formula is C19H21ClN4O2S. The Hall–Kier alpha value is -2.22. The van der Waals surface area contributed by atoms with Gasteiger partial charge in [0.25, 0.3) is 0 Å². The molecule has 0 saturated carbocycles. The summed E-state index contributed by atoms with van der Waals surface area (Å²) >= 11 is 7.52. The van der Waals surface area contributed by atoms with Gasteiger partial charge in [0.15, 0.2) is 0 Å². The number of hydrogen-bond donors (Lipinski definition) is 1. The van der Waals surface area contributed by atoms with Gasteiger partial charge in [0, 0.05) is 11.6 Å². The molecule has 0 aliphatic rings. The number of aromatic nitrogens is 2. The zero-order valence-electron chi connectivity index (χ0n) is 15.5. The second kappa shape index (κ2) is 8.21. The van der Waals surface area contributed by atoms with Crippen LogP contribution in [0.1, 0.15) is 33.5 Å². The van der Waals surface area contributed by atoms with Crippen LogP contribution in [0.4, 0.5) is 5.82 Å². The molecule has 0 unspecified atom stereocenters. The van der Waals surface area contributed by atoms with Crippen molar-refractivity contribution in [2.75, 3.05) is 19.4 Å². The molecule has 0 atom stereocenters. The zero-order valence-corrected chi connectivity index (χ0v) is 17.0. The summed E-state index contributed by atoms with van der Waals surface area (Å²) in [5, 5.41) is 1.45. The van der Waals surface area contributed by atoms with Gasteiger partial charge in [-0.3, -0.25) is 4.90 Å². The van der Waals surface area contributed by atoms with Crippen molar-refractivity contribution < 1.29 is 9.53 Å². The summed E-state index contributed by atoms with van der Waals surface area (Å²) in [5.74, 6) is 0.631. The third kappa shape index (κ3) is 4.21. The molecule has 6 nitrogen and oxygen atoms in total. The lowest BCUT2D eigenvalue weighted by Gasteiger charge is -2.16. The second-order valence-electron chi connectivity index (χ2n) is 6.25. The van der Waals surface area contributed by atoms with E-state index in [9.17, 15) is 4.79 Å². The largest absolute Gasteiger partial charge is 0.462 e. The van der Waals surface area contributed by atoms with Crippen LogP contribution in [-0.2, 0) is 17.8 Å². The number of aryl methyl sites for hydroxylation is 1. The molecule has 3 aromatic rings. The van der Waals surface area contributed by atoms with Crippen molar-refractivity contribution in [3.8, 4) is 0 Å². The van der Waals surface area contributed by atoms with Gasteiger partial charge in [-0.1, -0.05) is 29.8 Å². The number of hydrogen-bond acceptors (Lipinski definition) is 7. The summed E-state index contributed by atoms with van der Waals surface area (Å²) in [4.78, 5) is 24.4. The number of ether oxygens (including phenoxy) is 1. The van der Waals surface area contributed by atoms with Crippen molar-refractivity contribution in [3.63, 3.8) is 0 Å². The van der Waals surface area contributed by atoms with E-state index in [1.165, 1.54) is 11.3 Å². The van der Waals surface area contributed by atoms with Crippen LogP contribution in [0.2, 0.25) is 5.02 Å². The molecule has 0 spiro atoms. The molecule has 8 heteroatoms. The minimum Gasteiger partial charge on any atom is -0.462 e. The number of benzene rings is 1. The van der Waals surface area contributed by atoms with E-state index in [4.69, 9.17) is 22.1 Å². The first-order valence-electron chi connectivity index (χ1n) is 8.55. The van der Waals surface area contributed by atoms with E-state index in [-0.39, 0.29) is 5.97 Å². The Morgan fingerprint density at radius 1 is 1.30 bits per heavy atom. The summed E-state index contributed by atoms with van der Waals surface area (Å²) in [7, 11) is 1.97. The van der Waals surface area contributed by atoms with Gasteiger partial charge in [-0.05, 0) is 38.1 Å². The smallest absolute Gasteiger partial charge is 0.348 e. The van der Waals surface area contributed by atoms with Crippen molar-refractivity contribution in [1.29, 1.82) is 0 Å². The lowest BCUT2D eigenvalue weighted by molar-refractivity contribution is 0.0531. The van der Waals surface area contributed by atoms with Crippen molar-refractivity contribution in [1.82, 2.24) is 14.9 Å². The SMILES string of the molecule is CCOC(=O)c1sc2nc(CN(C)Cc3ccccc3Cl)nc(N)c2c1C. The van der Waals surface area contributed by atoms with Crippen LogP contribution in [-0.4, -0.2) is 34.5 Å². The summed E-state index contributed by atoms with van der Waals surface area (Å²) in [6.45, 7) is 5.12. The Morgan fingerprint density at radius 3 is 2.74 bits per heavy atom. The predicted octanol–water partition coefficient (Wildman–Crippen LogP) is 4.04. The molecule has 0 radical (unpaired) electrons. The second-order valence-corrected chi connectivity index (χ2v) is 7.65. The summed E-state index contributed by atoms with van der Waals surface area (Å²) in [6.07, 6.45) is 0. The first-order valence-corrected chi connectivity index (χ1v) is 9.74. The van der Waals surface area contributed by atoms with E-state index in [1.807, 2.05) is 38.2 Å². The lowest BCUT2D eigenvalue weighted by Crippen LogP contribution is -2.19. The Labute approximate surface area is 166 Å². The average molecular weight is 405 g/mol. The number of nitrogens with two attached hydrogens (primary N) is 1. The third-order valence-electron chi connectivity index (χ3n) is 4.13. The minimum absolute atomic E-state index is 0.325. The predicted molar refractivity (Wildman–Crippen MR) is 109 cm³/mol. The molecule has 0 amide bonds. The van der Waals surface area contributed by atoms with Gasteiger partial charge in [-0.2, -0.15) is 0 Å². The highest BCUT2D eigenvalue weighted by molar-refractivity contribution is 7.20. The number of halogens is 1. The highest BCUT2D eigenvalue weighted by Crippen LogP contribution is 2.33. The summed E-state index contributed by atoms with van der Waals surface area (Å²) in [6, 6.07) is 7.73. The Bertz CT molecular complexity index is 989. The van der Waals surface area contributed by atoms with E-state index in [0.29, 0.717) is 41.0 Å². The zero-order chi connectivity index (χ0) is 19.6. The van der Waals surface area contributed by atoms with E-state index in [2.05, 4.69) is 14.9 Å². The molecule has 27 heavy (non-hydrogen) atoms. The minimum atomic E-state index is -0.352. The van der Waals surface area contributed by atoms with Crippen LogP contribution >= 0.6 is 22.9 Å². The van der Waals surface area contributed by atoms with E-state index in [0.717, 1.165) is 21.5 Å². The van der Waals surface area contributed by atoms with Gasteiger partial charge in [0.2, 0.25) is 0 Å². The number of anilines is 1. The highest BCUT2D eigenvalue weighted by atomic mass is 35.5. The van der Waals surface area contributed by atoms with E-state index in [1.54, 1.807) is 6.92 Å². The molecule has 2 N–H and O–H groups in total. The number of rotatable bonds is 6. The molecule has 0 saturated heterocycles. The molecule has 1 aromatic carbocycles. The molecule has 0 bridgehead atoms. The molecular weight excluding hydrogens is 384 g/mol. The van der Waals surface area contributed by atoms with Crippen LogP contribution in [0.25, 0.3) is 10.2 Å². The number of carbonyl (C=O) groups excluding carboxylic acids is 1. The normalized spacial score (nSPS) is 11.3. The maximum Gasteiger partial charge on any atom is 0.348 e. The van der Waals surface area contributed by atoms with Crippen molar-refractivity contribution in [2.45, 2.75) is 26.9 Å². The fourth-order valence-corrected chi connectivity index (χ4v) is 4.19. The summed E-state index contributed by atoms with van der Waals surface area (Å²) < 4.78 is 5.11. The molecule has 0 aliphatic heterocycles. The fraction of sp³-hybridized carbons (Fsp3) is 0.316. The highest BCUT2D eigenvalue weighted by Gasteiger charge is 2.20. The van der Waals surface area contributed by atoms with Crippen molar-refractivity contribution in [2.24, 2.45) is 0 Å². The average Bonchev–Trinajstić information content (AvgIpc) is 2.94. The van der Waals surface area contributed by atoms with Gasteiger partial charge in [0.1, 0.15) is 21.3 Å². The summed E-state index contributed by atoms with van der Waals surface area (Å²) in [5.41, 5.74) is 7.96. The van der Waals surface area contributed by atoms with Crippen LogP contribution in [0, 0.1) is 6.92 Å². The maximum atomic E-state index is 12.1. The Morgan fingerprint density at radius 2 is 2.04 bits per heavy atom. The molecule has 0 aliphatic carbocycles. The van der Waals surface area contributed by atoms with Crippen molar-refractivity contribution in [3.05, 3.63) is 51.1 Å². The Balaban J connectivity index is 1.85. The first kappa shape index (κ1) is 19.5. The maximum absolute atomic E-state index is 12.1. The number of esters is 1. The van der Waals surface area contributed by atoms with Gasteiger partial charge in [-0.15, -0.1) is 11.3 Å². The van der Waals surface area contributed by atoms with Crippen LogP contribution in [0.15, 0.2) is 24.3 Å². The molecule has 2 heterocycles. The van der Waals surface area contributed by atoms with Gasteiger partial charge in [-0.25, -0.2) is 14.8 Å². The van der Waals surface area contributed by atoms with E-state index < -0.39 is 0 Å². The van der Waals surface area contributed by atoms with Gasteiger partial charge < -0.3 is 10.5 Å². The third-order valence-corrected chi connectivity index (χ3v) is 5.67. The number of nitrogen functional groups attached to an aromatic ring is 1. The van der Waals surface area contributed by atoms with Gasteiger partial charge in [0.05, 0.1) is 18.5 Å². The number of fused-ring (bicyclic) bond motifs is 1. The monoisotopic (exact) mass is 404 g/mol. The molecule has 2 aromatic heterocycles. The van der Waals surface area contributed by atoms with Gasteiger partial charge >= 0.3 is 5.97 Å². The standard InChI is InChI=1S/C19H21ClN4O2S/c1-4-26-19(25)16-11(2)15-17(21)22-14(23-18(15)27-16)10-24(3)9-12-7-5-6-8-13(12)20/h5-8H,4,9-10H2,1-3H3,(H2,21,22,23). The van der Waals surface area contributed by atoms with Crippen LogP contribution in [0.5, 0.6) is 0 Å². The molecule has 0 fully saturated rings. The van der Waals surface area contributed by atoms with E-state index >= 15 is 0 Å². The van der Waals surface area contributed by atoms with Crippen molar-refractivity contribution >= 4 is 44.9 Å². The lowest BCUT2D eigenvalue weighted by atomic mass is 10.2. The number of carbonyl (C=O) groups is 1. The first-order chi connectivity index (χ1) is 12.9. The van der Waals surface area contributed by atoms with Crippen LogP contribution in [0.3, 0.4) is 0 Å².